The summed E-state index contributed by atoms with van der Waals surface area (Å²) in [5, 5.41) is 3.19. The molecule has 0 spiro atoms. The zero-order valence-corrected chi connectivity index (χ0v) is 16.4. The van der Waals surface area contributed by atoms with Crippen LogP contribution in [0.15, 0.2) is 36.4 Å². The van der Waals surface area contributed by atoms with Gasteiger partial charge in [0.2, 0.25) is 0 Å². The third-order valence-corrected chi connectivity index (χ3v) is 5.17. The number of aromatic nitrogens is 2. The van der Waals surface area contributed by atoms with Crippen molar-refractivity contribution in [1.82, 2.24) is 15.3 Å². The van der Waals surface area contributed by atoms with E-state index in [9.17, 15) is 4.79 Å². The van der Waals surface area contributed by atoms with E-state index < -0.39 is 0 Å². The van der Waals surface area contributed by atoms with E-state index in [1.165, 1.54) is 31.2 Å². The number of anilines is 1. The maximum absolute atomic E-state index is 12.8. The van der Waals surface area contributed by atoms with Crippen LogP contribution in [0.25, 0.3) is 0 Å². The van der Waals surface area contributed by atoms with Crippen LogP contribution >= 0.6 is 0 Å². The lowest BCUT2D eigenvalue weighted by molar-refractivity contribution is 0.0928. The van der Waals surface area contributed by atoms with Crippen molar-refractivity contribution in [2.24, 2.45) is 0 Å². The Balaban J connectivity index is 1.75. The van der Waals surface area contributed by atoms with Crippen molar-refractivity contribution in [3.63, 3.8) is 0 Å². The Bertz CT molecular complexity index is 739. The van der Waals surface area contributed by atoms with Crippen LogP contribution in [0.5, 0.6) is 0 Å². The maximum Gasteiger partial charge on any atom is 0.270 e. The highest BCUT2D eigenvalue weighted by Crippen LogP contribution is 2.19. The van der Waals surface area contributed by atoms with Crippen molar-refractivity contribution in [3.8, 4) is 0 Å². The lowest BCUT2D eigenvalue weighted by Gasteiger charge is -2.23. The molecule has 5 nitrogen and oxygen atoms in total. The van der Waals surface area contributed by atoms with Gasteiger partial charge in [0, 0.05) is 25.2 Å². The van der Waals surface area contributed by atoms with Gasteiger partial charge in [0.05, 0.1) is 0 Å². The minimum Gasteiger partial charge on any atom is -0.352 e. The van der Waals surface area contributed by atoms with Crippen molar-refractivity contribution >= 4 is 11.7 Å². The van der Waals surface area contributed by atoms with E-state index in [1.807, 2.05) is 31.2 Å². The average molecular weight is 367 g/mol. The molecule has 1 aromatic carbocycles. The van der Waals surface area contributed by atoms with Crippen molar-refractivity contribution in [3.05, 3.63) is 53.5 Å². The Morgan fingerprint density at radius 1 is 1.11 bits per heavy atom. The summed E-state index contributed by atoms with van der Waals surface area (Å²) in [6, 6.07) is 12.4. The predicted octanol–water partition coefficient (Wildman–Crippen LogP) is 4.26. The zero-order chi connectivity index (χ0) is 19.1. The van der Waals surface area contributed by atoms with Gasteiger partial charge in [-0.05, 0) is 32.3 Å². The largest absolute Gasteiger partial charge is 0.352 e. The van der Waals surface area contributed by atoms with E-state index in [4.69, 9.17) is 0 Å². The number of rotatable bonds is 6. The van der Waals surface area contributed by atoms with E-state index in [0.717, 1.165) is 31.7 Å². The van der Waals surface area contributed by atoms with Crippen molar-refractivity contribution in [2.45, 2.75) is 65.0 Å². The molecule has 3 rings (SSSR count). The fourth-order valence-corrected chi connectivity index (χ4v) is 3.67. The third kappa shape index (κ3) is 5.52. The number of benzene rings is 1. The number of hydrogen-bond donors (Lipinski definition) is 1. The van der Waals surface area contributed by atoms with Crippen molar-refractivity contribution < 1.29 is 4.79 Å². The molecule has 0 saturated heterocycles. The molecule has 0 aliphatic heterocycles. The van der Waals surface area contributed by atoms with E-state index in [1.54, 1.807) is 0 Å². The number of aryl methyl sites for hydroxylation is 1. The molecule has 1 saturated carbocycles. The fourth-order valence-electron chi connectivity index (χ4n) is 3.67. The summed E-state index contributed by atoms with van der Waals surface area (Å²) in [4.78, 5) is 23.9. The lowest BCUT2D eigenvalue weighted by atomic mass is 10.1. The number of amides is 1. The van der Waals surface area contributed by atoms with Crippen LogP contribution in [0.3, 0.4) is 0 Å². The Hall–Kier alpha value is -2.43. The minimum atomic E-state index is -0.0792. The summed E-state index contributed by atoms with van der Waals surface area (Å²) in [5.41, 5.74) is 1.69. The molecular weight excluding hydrogens is 336 g/mol. The monoisotopic (exact) mass is 366 g/mol. The Morgan fingerprint density at radius 3 is 2.48 bits per heavy atom. The molecule has 0 atom stereocenters. The van der Waals surface area contributed by atoms with E-state index in [-0.39, 0.29) is 11.9 Å². The van der Waals surface area contributed by atoms with Gasteiger partial charge in [-0.25, -0.2) is 9.97 Å². The van der Waals surface area contributed by atoms with Crippen LogP contribution in [-0.2, 0) is 6.54 Å². The van der Waals surface area contributed by atoms with Crippen LogP contribution in [0.4, 0.5) is 5.82 Å². The average Bonchev–Trinajstić information content (AvgIpc) is 2.95. The second-order valence-corrected chi connectivity index (χ2v) is 7.32. The number of nitrogens with one attached hydrogen (secondary N) is 1. The molecule has 1 aromatic heterocycles. The van der Waals surface area contributed by atoms with Gasteiger partial charge in [-0.2, -0.15) is 0 Å². The molecular formula is C22H30N4O. The molecule has 1 aliphatic carbocycles. The van der Waals surface area contributed by atoms with Gasteiger partial charge in [-0.15, -0.1) is 0 Å². The third-order valence-electron chi connectivity index (χ3n) is 5.17. The first-order valence-corrected chi connectivity index (χ1v) is 10.1. The summed E-state index contributed by atoms with van der Waals surface area (Å²) < 4.78 is 0. The quantitative estimate of drug-likeness (QED) is 0.776. The van der Waals surface area contributed by atoms with Crippen LogP contribution in [-0.4, -0.2) is 28.5 Å². The highest BCUT2D eigenvalue weighted by molar-refractivity contribution is 5.93. The van der Waals surface area contributed by atoms with Crippen LogP contribution < -0.4 is 10.2 Å². The summed E-state index contributed by atoms with van der Waals surface area (Å²) in [6.07, 6.45) is 7.07. The smallest absolute Gasteiger partial charge is 0.270 e. The minimum absolute atomic E-state index is 0.0792. The summed E-state index contributed by atoms with van der Waals surface area (Å²) >= 11 is 0. The molecule has 0 bridgehead atoms. The maximum atomic E-state index is 12.8. The van der Waals surface area contributed by atoms with Gasteiger partial charge in [0.25, 0.3) is 5.91 Å². The molecule has 0 radical (unpaired) electrons. The lowest BCUT2D eigenvalue weighted by Crippen LogP contribution is -2.35. The second-order valence-electron chi connectivity index (χ2n) is 7.32. The highest BCUT2D eigenvalue weighted by atomic mass is 16.1. The molecule has 1 fully saturated rings. The van der Waals surface area contributed by atoms with E-state index >= 15 is 0 Å². The normalized spacial score (nSPS) is 15.2. The van der Waals surface area contributed by atoms with Crippen molar-refractivity contribution in [2.75, 3.05) is 11.4 Å². The molecule has 1 N–H and O–H groups in total. The van der Waals surface area contributed by atoms with Gasteiger partial charge in [-0.3, -0.25) is 4.79 Å². The second kappa shape index (κ2) is 9.49. The SMILES string of the molecule is CCN(Cc1ccccc1)c1cc(C(=O)NC2CCCCCC2)nc(C)n1. The standard InChI is InChI=1S/C22H30N4O/c1-3-26(16-18-11-7-6-8-12-18)21-15-20(23-17(2)24-21)22(27)25-19-13-9-4-5-10-14-19/h6-8,11-12,15,19H,3-5,9-10,13-14,16H2,1-2H3,(H,25,27). The first kappa shape index (κ1) is 19.3. The van der Waals surface area contributed by atoms with Crippen LogP contribution in [0, 0.1) is 6.92 Å². The highest BCUT2D eigenvalue weighted by Gasteiger charge is 2.19. The van der Waals surface area contributed by atoms with E-state index in [0.29, 0.717) is 11.5 Å². The molecule has 0 unspecified atom stereocenters. The molecule has 144 valence electrons. The van der Waals surface area contributed by atoms with E-state index in [2.05, 4.69) is 39.2 Å². The molecule has 27 heavy (non-hydrogen) atoms. The number of nitrogens with zero attached hydrogens (tertiary/aromatic N) is 3. The number of hydrogen-bond acceptors (Lipinski definition) is 4. The number of carbonyl (C=O) groups excluding carboxylic acids is 1. The summed E-state index contributed by atoms with van der Waals surface area (Å²) in [5.74, 6) is 1.36. The first-order chi connectivity index (χ1) is 13.2. The summed E-state index contributed by atoms with van der Waals surface area (Å²) in [6.45, 7) is 5.53. The topological polar surface area (TPSA) is 58.1 Å². The first-order valence-electron chi connectivity index (χ1n) is 10.1. The molecule has 1 aliphatic rings. The Labute approximate surface area is 162 Å². The predicted molar refractivity (Wildman–Crippen MR) is 109 cm³/mol. The van der Waals surface area contributed by atoms with Crippen LogP contribution in [0.1, 0.15) is 67.3 Å². The van der Waals surface area contributed by atoms with Gasteiger partial charge < -0.3 is 10.2 Å². The molecule has 2 aromatic rings. The van der Waals surface area contributed by atoms with Crippen LogP contribution in [0.2, 0.25) is 0 Å². The van der Waals surface area contributed by atoms with Crippen molar-refractivity contribution in [1.29, 1.82) is 0 Å². The van der Waals surface area contributed by atoms with Gasteiger partial charge in [0.1, 0.15) is 17.3 Å². The summed E-state index contributed by atoms with van der Waals surface area (Å²) in [7, 11) is 0. The van der Waals surface area contributed by atoms with Gasteiger partial charge >= 0.3 is 0 Å². The Morgan fingerprint density at radius 2 is 1.81 bits per heavy atom. The van der Waals surface area contributed by atoms with Gasteiger partial charge in [0.15, 0.2) is 0 Å². The Kier molecular flexibility index (Phi) is 6.80. The fraction of sp³-hybridized carbons (Fsp3) is 0.500. The molecule has 1 heterocycles. The van der Waals surface area contributed by atoms with Gasteiger partial charge in [-0.1, -0.05) is 56.0 Å². The molecule has 1 amide bonds. The molecule has 5 heteroatoms. The zero-order valence-electron chi connectivity index (χ0n) is 16.4. The number of carbonyl (C=O) groups is 1.